The van der Waals surface area contributed by atoms with E-state index in [1.807, 2.05) is 24.3 Å². The number of aromatic nitrogens is 1. The Morgan fingerprint density at radius 3 is 2.62 bits per heavy atom. The monoisotopic (exact) mass is 327 g/mol. The lowest BCUT2D eigenvalue weighted by atomic mass is 10.2. The number of urea groups is 1. The number of carbonyl (C=O) groups is 1. The average Bonchev–Trinajstić information content (AvgIpc) is 2.63. The van der Waals surface area contributed by atoms with Crippen LogP contribution in [0.5, 0.6) is 5.88 Å². The Kier molecular flexibility index (Phi) is 5.12. The number of ether oxygens (including phenoxy) is 1. The molecule has 7 heteroatoms. The summed E-state index contributed by atoms with van der Waals surface area (Å²) in [4.78, 5) is 18.5. The van der Waals surface area contributed by atoms with E-state index in [0.29, 0.717) is 11.6 Å². The zero-order valence-electron chi connectivity index (χ0n) is 13.6. The molecular weight excluding hydrogens is 306 g/mol. The third-order valence-corrected chi connectivity index (χ3v) is 3.82. The maximum Gasteiger partial charge on any atom is 0.323 e. The number of nitrogens with zero attached hydrogens (tertiary/aromatic N) is 2. The second-order valence-electron chi connectivity index (χ2n) is 5.42. The predicted octanol–water partition coefficient (Wildman–Crippen LogP) is 2.14. The van der Waals surface area contributed by atoms with Crippen LogP contribution in [0.25, 0.3) is 0 Å². The topological polar surface area (TPSA) is 78.5 Å². The number of rotatable bonds is 4. The third-order valence-electron chi connectivity index (χ3n) is 3.82. The number of carbonyl (C=O) groups excluding carboxylic acids is 1. The third kappa shape index (κ3) is 3.94. The van der Waals surface area contributed by atoms with E-state index >= 15 is 0 Å². The zero-order chi connectivity index (χ0) is 16.8. The summed E-state index contributed by atoms with van der Waals surface area (Å²) >= 11 is 0. The van der Waals surface area contributed by atoms with Gasteiger partial charge in [-0.1, -0.05) is 0 Å². The fraction of sp³-hybridized carbons (Fsp3) is 0.294. The number of amides is 2. The molecule has 1 saturated heterocycles. The van der Waals surface area contributed by atoms with Crippen LogP contribution in [0.2, 0.25) is 0 Å². The van der Waals surface area contributed by atoms with Crippen molar-refractivity contribution in [1.29, 1.82) is 0 Å². The molecule has 2 aromatic rings. The van der Waals surface area contributed by atoms with Crippen LogP contribution in [0, 0.1) is 0 Å². The van der Waals surface area contributed by atoms with Crippen LogP contribution < -0.4 is 25.6 Å². The first-order valence-corrected chi connectivity index (χ1v) is 7.89. The molecule has 1 aromatic heterocycles. The van der Waals surface area contributed by atoms with Crippen molar-refractivity contribution >= 4 is 23.1 Å². The van der Waals surface area contributed by atoms with Crippen molar-refractivity contribution in [2.45, 2.75) is 0 Å². The van der Waals surface area contributed by atoms with Crippen molar-refractivity contribution in [2.24, 2.45) is 0 Å². The number of methoxy groups -OCH3 is 1. The molecular formula is C17H21N5O2. The molecule has 2 heterocycles. The van der Waals surface area contributed by atoms with Crippen molar-refractivity contribution in [2.75, 3.05) is 48.8 Å². The minimum absolute atomic E-state index is 0.337. The zero-order valence-corrected chi connectivity index (χ0v) is 13.6. The van der Waals surface area contributed by atoms with Crippen LogP contribution in [-0.2, 0) is 0 Å². The van der Waals surface area contributed by atoms with Gasteiger partial charge in [-0.05, 0) is 36.4 Å². The van der Waals surface area contributed by atoms with E-state index in [1.165, 1.54) is 7.11 Å². The van der Waals surface area contributed by atoms with Crippen molar-refractivity contribution in [3.63, 3.8) is 0 Å². The first-order valence-electron chi connectivity index (χ1n) is 7.89. The van der Waals surface area contributed by atoms with Crippen molar-refractivity contribution in [3.8, 4) is 5.88 Å². The van der Waals surface area contributed by atoms with E-state index in [2.05, 4.69) is 25.8 Å². The fourth-order valence-electron chi connectivity index (χ4n) is 2.61. The second kappa shape index (κ2) is 7.65. The van der Waals surface area contributed by atoms with Crippen molar-refractivity contribution < 1.29 is 9.53 Å². The molecule has 0 bridgehead atoms. The molecule has 0 radical (unpaired) electrons. The van der Waals surface area contributed by atoms with Crippen LogP contribution in [0.15, 0.2) is 42.6 Å². The Balaban J connectivity index is 1.60. The number of benzene rings is 1. The van der Waals surface area contributed by atoms with Crippen LogP contribution in [-0.4, -0.2) is 44.3 Å². The lowest BCUT2D eigenvalue weighted by Crippen LogP contribution is -2.43. The van der Waals surface area contributed by atoms with Gasteiger partial charge in [0.25, 0.3) is 0 Å². The standard InChI is InChI=1S/C17H21N5O2/c1-24-16-15(3-2-8-19-16)21-17(23)20-13-4-6-14(7-5-13)22-11-9-18-10-12-22/h2-8,18H,9-12H2,1H3,(H2,20,21,23). The largest absolute Gasteiger partial charge is 0.480 e. The van der Waals surface area contributed by atoms with Gasteiger partial charge in [0.05, 0.1) is 7.11 Å². The summed E-state index contributed by atoms with van der Waals surface area (Å²) in [5.74, 6) is 0.377. The van der Waals surface area contributed by atoms with Gasteiger partial charge >= 0.3 is 6.03 Å². The fourth-order valence-corrected chi connectivity index (χ4v) is 2.61. The summed E-state index contributed by atoms with van der Waals surface area (Å²) in [5, 5.41) is 8.87. The summed E-state index contributed by atoms with van der Waals surface area (Å²) in [7, 11) is 1.51. The minimum Gasteiger partial charge on any atom is -0.480 e. The molecule has 0 unspecified atom stereocenters. The molecule has 0 aliphatic carbocycles. The van der Waals surface area contributed by atoms with Crippen molar-refractivity contribution in [3.05, 3.63) is 42.6 Å². The van der Waals surface area contributed by atoms with E-state index in [1.54, 1.807) is 18.3 Å². The number of hydrogen-bond donors (Lipinski definition) is 3. The summed E-state index contributed by atoms with van der Waals surface area (Å²) in [6.07, 6.45) is 1.61. The number of hydrogen-bond acceptors (Lipinski definition) is 5. The van der Waals surface area contributed by atoms with E-state index in [4.69, 9.17) is 4.74 Å². The molecule has 126 valence electrons. The van der Waals surface area contributed by atoms with E-state index in [9.17, 15) is 4.79 Å². The molecule has 0 saturated carbocycles. The smallest absolute Gasteiger partial charge is 0.323 e. The molecule has 7 nitrogen and oxygen atoms in total. The predicted molar refractivity (Wildman–Crippen MR) is 95.0 cm³/mol. The highest BCUT2D eigenvalue weighted by atomic mass is 16.5. The summed E-state index contributed by atoms with van der Waals surface area (Å²) in [6, 6.07) is 11.0. The summed E-state index contributed by atoms with van der Waals surface area (Å²) in [5.41, 5.74) is 2.42. The SMILES string of the molecule is COc1ncccc1NC(=O)Nc1ccc(N2CCNCC2)cc1. The molecule has 1 aliphatic rings. The van der Waals surface area contributed by atoms with Crippen LogP contribution in [0.3, 0.4) is 0 Å². The number of pyridine rings is 1. The molecule has 3 N–H and O–H groups in total. The van der Waals surface area contributed by atoms with Crippen LogP contribution >= 0.6 is 0 Å². The summed E-state index contributed by atoms with van der Waals surface area (Å²) in [6.45, 7) is 3.98. The second-order valence-corrected chi connectivity index (χ2v) is 5.42. The van der Waals surface area contributed by atoms with E-state index in [0.717, 1.165) is 37.6 Å². The van der Waals surface area contributed by atoms with Crippen molar-refractivity contribution in [1.82, 2.24) is 10.3 Å². The number of nitrogens with one attached hydrogen (secondary N) is 3. The van der Waals surface area contributed by atoms with Gasteiger partial charge in [0.15, 0.2) is 0 Å². The van der Waals surface area contributed by atoms with Gasteiger partial charge < -0.3 is 25.6 Å². The molecule has 0 atom stereocenters. The van der Waals surface area contributed by atoms with Gasteiger partial charge in [0.2, 0.25) is 5.88 Å². The first-order chi connectivity index (χ1) is 11.8. The first kappa shape index (κ1) is 16.1. The Labute approximate surface area is 141 Å². The summed E-state index contributed by atoms with van der Waals surface area (Å²) < 4.78 is 5.12. The number of anilines is 3. The van der Waals surface area contributed by atoms with Gasteiger partial charge in [0.1, 0.15) is 5.69 Å². The molecule has 24 heavy (non-hydrogen) atoms. The Bertz CT molecular complexity index is 684. The maximum atomic E-state index is 12.1. The highest BCUT2D eigenvalue weighted by Crippen LogP contribution is 2.21. The highest BCUT2D eigenvalue weighted by molar-refractivity contribution is 6.00. The van der Waals surface area contributed by atoms with E-state index < -0.39 is 0 Å². The number of piperazine rings is 1. The Hall–Kier alpha value is -2.80. The van der Waals surface area contributed by atoms with Gasteiger partial charge in [-0.2, -0.15) is 0 Å². The molecule has 1 fully saturated rings. The molecule has 0 spiro atoms. The van der Waals surface area contributed by atoms with Gasteiger partial charge in [-0.25, -0.2) is 9.78 Å². The lowest BCUT2D eigenvalue weighted by Gasteiger charge is -2.29. The Morgan fingerprint density at radius 2 is 1.92 bits per heavy atom. The maximum absolute atomic E-state index is 12.1. The quantitative estimate of drug-likeness (QED) is 0.802. The lowest BCUT2D eigenvalue weighted by molar-refractivity contribution is 0.262. The molecule has 1 aliphatic heterocycles. The van der Waals surface area contributed by atoms with Crippen LogP contribution in [0.4, 0.5) is 21.9 Å². The molecule has 3 rings (SSSR count). The molecule has 2 amide bonds. The Morgan fingerprint density at radius 1 is 1.17 bits per heavy atom. The average molecular weight is 327 g/mol. The highest BCUT2D eigenvalue weighted by Gasteiger charge is 2.11. The minimum atomic E-state index is -0.337. The van der Waals surface area contributed by atoms with Gasteiger partial charge in [0, 0.05) is 43.8 Å². The molecule has 1 aromatic carbocycles. The normalized spacial score (nSPS) is 14.1. The van der Waals surface area contributed by atoms with Gasteiger partial charge in [-0.3, -0.25) is 0 Å². The van der Waals surface area contributed by atoms with E-state index in [-0.39, 0.29) is 6.03 Å². The van der Waals surface area contributed by atoms with Crippen LogP contribution in [0.1, 0.15) is 0 Å². The van der Waals surface area contributed by atoms with Gasteiger partial charge in [-0.15, -0.1) is 0 Å².